The van der Waals surface area contributed by atoms with Crippen LogP contribution >= 0.6 is 0 Å². The van der Waals surface area contributed by atoms with Gasteiger partial charge in [0.25, 0.3) is 5.91 Å². The van der Waals surface area contributed by atoms with Crippen molar-refractivity contribution in [3.63, 3.8) is 0 Å². The van der Waals surface area contributed by atoms with Gasteiger partial charge in [-0.2, -0.15) is 5.10 Å². The minimum atomic E-state index is -0.313. The van der Waals surface area contributed by atoms with E-state index in [1.807, 2.05) is 56.3 Å². The van der Waals surface area contributed by atoms with Gasteiger partial charge in [0.2, 0.25) is 5.91 Å². The summed E-state index contributed by atoms with van der Waals surface area (Å²) >= 11 is 0. The Balaban J connectivity index is 1.53. The van der Waals surface area contributed by atoms with Crippen LogP contribution in [0.2, 0.25) is 0 Å². The summed E-state index contributed by atoms with van der Waals surface area (Å²) in [4.78, 5) is 24.1. The highest BCUT2D eigenvalue weighted by Crippen LogP contribution is 2.18. The smallest absolute Gasteiger partial charge is 0.271 e. The maximum Gasteiger partial charge on any atom is 0.271 e. The number of hydrogen-bond donors (Lipinski definition) is 2. The van der Waals surface area contributed by atoms with Gasteiger partial charge in [-0.3, -0.25) is 9.59 Å². The molecule has 0 unspecified atom stereocenters. The average Bonchev–Trinajstić information content (AvgIpc) is 2.75. The van der Waals surface area contributed by atoms with Gasteiger partial charge in [0.05, 0.1) is 6.21 Å². The average molecular weight is 399 g/mol. The summed E-state index contributed by atoms with van der Waals surface area (Å²) in [5.74, 6) is -0.0558. The Morgan fingerprint density at radius 3 is 2.13 bits per heavy atom. The summed E-state index contributed by atoms with van der Waals surface area (Å²) in [6.45, 7) is 3.98. The van der Waals surface area contributed by atoms with Gasteiger partial charge in [-0.25, -0.2) is 5.43 Å². The first-order valence-corrected chi connectivity index (χ1v) is 9.90. The highest BCUT2D eigenvalue weighted by Gasteiger charge is 2.07. The van der Waals surface area contributed by atoms with Crippen molar-refractivity contribution in [2.24, 2.45) is 11.0 Å². The van der Waals surface area contributed by atoms with Crippen molar-refractivity contribution < 1.29 is 9.59 Å². The van der Waals surface area contributed by atoms with E-state index >= 15 is 0 Å². The Labute approximate surface area is 176 Å². The lowest BCUT2D eigenvalue weighted by Crippen LogP contribution is -2.18. The van der Waals surface area contributed by atoms with Crippen molar-refractivity contribution in [1.82, 2.24) is 5.43 Å². The number of anilines is 1. The molecule has 3 rings (SSSR count). The second kappa shape index (κ2) is 10.2. The SMILES string of the molecule is CC(C)CC(=O)Nc1ccc(C(=O)N/N=C/c2ccc(-c3ccccc3)cc2)cc1. The van der Waals surface area contributed by atoms with Crippen molar-refractivity contribution in [2.45, 2.75) is 20.3 Å². The third-order valence-electron chi connectivity index (χ3n) is 4.42. The van der Waals surface area contributed by atoms with Gasteiger partial charge in [-0.1, -0.05) is 68.4 Å². The molecule has 0 aliphatic heterocycles. The molecule has 0 fully saturated rings. The predicted octanol–water partition coefficient (Wildman–Crippen LogP) is 5.10. The number of nitrogens with zero attached hydrogens (tertiary/aromatic N) is 1. The first kappa shape index (κ1) is 21.0. The topological polar surface area (TPSA) is 70.6 Å². The summed E-state index contributed by atoms with van der Waals surface area (Å²) in [6.07, 6.45) is 2.07. The van der Waals surface area contributed by atoms with Crippen LogP contribution in [-0.4, -0.2) is 18.0 Å². The number of carbonyl (C=O) groups excluding carboxylic acids is 2. The summed E-state index contributed by atoms with van der Waals surface area (Å²) in [5.41, 5.74) is 6.82. The summed E-state index contributed by atoms with van der Waals surface area (Å²) < 4.78 is 0. The molecule has 0 atom stereocenters. The highest BCUT2D eigenvalue weighted by atomic mass is 16.2. The number of rotatable bonds is 7. The van der Waals surface area contributed by atoms with Gasteiger partial charge in [0.1, 0.15) is 0 Å². The number of amides is 2. The molecule has 2 amide bonds. The molecule has 2 N–H and O–H groups in total. The van der Waals surface area contributed by atoms with Gasteiger partial charge >= 0.3 is 0 Å². The summed E-state index contributed by atoms with van der Waals surface area (Å²) in [6, 6.07) is 24.8. The number of carbonyl (C=O) groups is 2. The van der Waals surface area contributed by atoms with Crippen LogP contribution in [-0.2, 0) is 4.79 Å². The number of hydrazone groups is 1. The van der Waals surface area contributed by atoms with E-state index in [9.17, 15) is 9.59 Å². The van der Waals surface area contributed by atoms with E-state index in [4.69, 9.17) is 0 Å². The fraction of sp³-hybridized carbons (Fsp3) is 0.160. The molecule has 5 nitrogen and oxygen atoms in total. The molecule has 3 aromatic rings. The molecule has 0 aliphatic rings. The number of benzene rings is 3. The van der Waals surface area contributed by atoms with Gasteiger partial charge in [-0.15, -0.1) is 0 Å². The molecule has 0 aliphatic carbocycles. The minimum absolute atomic E-state index is 0.0370. The molecular weight excluding hydrogens is 374 g/mol. The zero-order chi connectivity index (χ0) is 21.3. The molecule has 0 heterocycles. The molecule has 0 saturated heterocycles. The van der Waals surface area contributed by atoms with Crippen LogP contribution in [0.3, 0.4) is 0 Å². The molecule has 30 heavy (non-hydrogen) atoms. The number of nitrogens with one attached hydrogen (secondary N) is 2. The van der Waals surface area contributed by atoms with Crippen LogP contribution in [0.25, 0.3) is 11.1 Å². The Bertz CT molecular complexity index is 1010. The van der Waals surface area contributed by atoms with Crippen LogP contribution in [0.15, 0.2) is 84.0 Å². The van der Waals surface area contributed by atoms with E-state index < -0.39 is 0 Å². The molecule has 0 bridgehead atoms. The fourth-order valence-corrected chi connectivity index (χ4v) is 2.91. The van der Waals surface area contributed by atoms with Crippen molar-refractivity contribution in [1.29, 1.82) is 0 Å². The van der Waals surface area contributed by atoms with Crippen molar-refractivity contribution in [2.75, 3.05) is 5.32 Å². The first-order chi connectivity index (χ1) is 14.5. The molecule has 152 valence electrons. The molecule has 0 aromatic heterocycles. The maximum atomic E-state index is 12.2. The normalized spacial score (nSPS) is 10.9. The standard InChI is InChI=1S/C25H25N3O2/c1-18(2)16-24(29)27-23-14-12-22(13-15-23)25(30)28-26-17-19-8-10-21(11-9-19)20-6-4-3-5-7-20/h3-15,17-18H,16H2,1-2H3,(H,27,29)(H,28,30)/b26-17+. The Hall–Kier alpha value is -3.73. The van der Waals surface area contributed by atoms with Crippen LogP contribution in [0.4, 0.5) is 5.69 Å². The van der Waals surface area contributed by atoms with Gasteiger partial charge in [0, 0.05) is 17.7 Å². The van der Waals surface area contributed by atoms with Gasteiger partial charge < -0.3 is 5.32 Å². The molecule has 0 spiro atoms. The zero-order valence-corrected chi connectivity index (χ0v) is 17.1. The third kappa shape index (κ3) is 6.14. The molecule has 0 saturated carbocycles. The predicted molar refractivity (Wildman–Crippen MR) is 121 cm³/mol. The summed E-state index contributed by atoms with van der Waals surface area (Å²) in [5, 5.41) is 6.85. The van der Waals surface area contributed by atoms with Crippen LogP contribution in [0.5, 0.6) is 0 Å². The Morgan fingerprint density at radius 1 is 0.867 bits per heavy atom. The molecule has 0 radical (unpaired) electrons. The fourth-order valence-electron chi connectivity index (χ4n) is 2.91. The molecule has 3 aromatic carbocycles. The van der Waals surface area contributed by atoms with E-state index in [1.165, 1.54) is 0 Å². The lowest BCUT2D eigenvalue weighted by atomic mass is 10.0. The second-order valence-corrected chi connectivity index (χ2v) is 7.41. The maximum absolute atomic E-state index is 12.2. The van der Waals surface area contributed by atoms with Crippen LogP contribution < -0.4 is 10.7 Å². The monoisotopic (exact) mass is 399 g/mol. The lowest BCUT2D eigenvalue weighted by molar-refractivity contribution is -0.116. The second-order valence-electron chi connectivity index (χ2n) is 7.41. The number of hydrogen-bond acceptors (Lipinski definition) is 3. The minimum Gasteiger partial charge on any atom is -0.326 e. The van der Waals surface area contributed by atoms with E-state index in [-0.39, 0.29) is 11.8 Å². The van der Waals surface area contributed by atoms with E-state index in [1.54, 1.807) is 30.5 Å². The van der Waals surface area contributed by atoms with Crippen molar-refractivity contribution >= 4 is 23.7 Å². The largest absolute Gasteiger partial charge is 0.326 e. The molecular formula is C25H25N3O2. The zero-order valence-electron chi connectivity index (χ0n) is 17.1. The lowest BCUT2D eigenvalue weighted by Gasteiger charge is -2.07. The first-order valence-electron chi connectivity index (χ1n) is 9.90. The van der Waals surface area contributed by atoms with Gasteiger partial charge in [-0.05, 0) is 46.9 Å². The molecule has 5 heteroatoms. The highest BCUT2D eigenvalue weighted by molar-refractivity contribution is 5.96. The van der Waals surface area contributed by atoms with Crippen LogP contribution in [0, 0.1) is 5.92 Å². The van der Waals surface area contributed by atoms with E-state index in [0.717, 1.165) is 16.7 Å². The summed E-state index contributed by atoms with van der Waals surface area (Å²) in [7, 11) is 0. The Kier molecular flexibility index (Phi) is 7.11. The third-order valence-corrected chi connectivity index (χ3v) is 4.42. The van der Waals surface area contributed by atoms with Crippen LogP contribution in [0.1, 0.15) is 36.2 Å². The van der Waals surface area contributed by atoms with E-state index in [0.29, 0.717) is 23.6 Å². The Morgan fingerprint density at radius 2 is 1.50 bits per heavy atom. The quantitative estimate of drug-likeness (QED) is 0.428. The van der Waals surface area contributed by atoms with Gasteiger partial charge in [0.15, 0.2) is 0 Å². The van der Waals surface area contributed by atoms with Crippen molar-refractivity contribution in [3.05, 3.63) is 90.0 Å². The van der Waals surface area contributed by atoms with E-state index in [2.05, 4.69) is 28.0 Å². The van der Waals surface area contributed by atoms with Crippen molar-refractivity contribution in [3.8, 4) is 11.1 Å².